The lowest BCUT2D eigenvalue weighted by molar-refractivity contribution is -0.133. The van der Waals surface area contributed by atoms with Gasteiger partial charge in [-0.05, 0) is 12.1 Å². The highest BCUT2D eigenvalue weighted by molar-refractivity contribution is 6.64. The molecule has 0 unspecified atom stereocenters. The molecule has 0 aliphatic heterocycles. The second-order valence-corrected chi connectivity index (χ2v) is 3.29. The van der Waals surface area contributed by atoms with E-state index in [2.05, 4.69) is 20.0 Å². The van der Waals surface area contributed by atoms with Crippen LogP contribution in [0.2, 0.25) is 0 Å². The molecule has 0 aliphatic rings. The van der Waals surface area contributed by atoms with E-state index in [0.29, 0.717) is 5.69 Å². The third-order valence-electron chi connectivity index (χ3n) is 1.99. The number of carbonyl (C=O) groups is 2. The minimum Gasteiger partial charge on any atom is -0.464 e. The number of anilines is 1. The molecule has 1 N–H and O–H groups in total. The second-order valence-electron chi connectivity index (χ2n) is 3.29. The summed E-state index contributed by atoms with van der Waals surface area (Å²) in [5.41, 5.74) is 2.94. The number of nitrogens with one attached hydrogen (secondary N) is 1. The van der Waals surface area contributed by atoms with Crippen molar-refractivity contribution in [1.29, 1.82) is 0 Å². The van der Waals surface area contributed by atoms with E-state index in [1.54, 1.807) is 24.3 Å². The SMILES string of the molecule is COCC(=O)C(=NNc1ccccc1)C(=O)OC. The smallest absolute Gasteiger partial charge is 0.362 e. The minimum absolute atomic E-state index is 0.232. The number of Topliss-reactive ketones (excluding diaryl/α,β-unsaturated/α-hetero) is 1. The predicted molar refractivity (Wildman–Crippen MR) is 66.4 cm³/mol. The van der Waals surface area contributed by atoms with E-state index in [-0.39, 0.29) is 12.3 Å². The van der Waals surface area contributed by atoms with Crippen molar-refractivity contribution in [3.63, 3.8) is 0 Å². The van der Waals surface area contributed by atoms with Crippen LogP contribution < -0.4 is 5.43 Å². The highest BCUT2D eigenvalue weighted by atomic mass is 16.5. The number of hydrogen-bond donors (Lipinski definition) is 1. The molecule has 0 saturated carbocycles. The summed E-state index contributed by atoms with van der Waals surface area (Å²) in [5, 5.41) is 3.75. The Morgan fingerprint density at radius 1 is 1.22 bits per heavy atom. The largest absolute Gasteiger partial charge is 0.464 e. The Morgan fingerprint density at radius 2 is 1.89 bits per heavy atom. The Morgan fingerprint density at radius 3 is 2.44 bits per heavy atom. The number of ketones is 1. The van der Waals surface area contributed by atoms with Crippen LogP contribution in [0.3, 0.4) is 0 Å². The van der Waals surface area contributed by atoms with Gasteiger partial charge < -0.3 is 9.47 Å². The first-order valence-electron chi connectivity index (χ1n) is 5.18. The van der Waals surface area contributed by atoms with Gasteiger partial charge in [-0.2, -0.15) is 5.10 Å². The molecule has 6 nitrogen and oxygen atoms in total. The van der Waals surface area contributed by atoms with Gasteiger partial charge in [-0.1, -0.05) is 18.2 Å². The van der Waals surface area contributed by atoms with Crippen molar-refractivity contribution in [1.82, 2.24) is 0 Å². The average molecular weight is 250 g/mol. The molecule has 6 heteroatoms. The van der Waals surface area contributed by atoms with Gasteiger partial charge in [0.25, 0.3) is 0 Å². The summed E-state index contributed by atoms with van der Waals surface area (Å²) >= 11 is 0. The average Bonchev–Trinajstić information content (AvgIpc) is 2.40. The normalized spacial score (nSPS) is 10.9. The second kappa shape index (κ2) is 7.18. The zero-order valence-electron chi connectivity index (χ0n) is 10.2. The van der Waals surface area contributed by atoms with Crippen molar-refractivity contribution in [3.05, 3.63) is 30.3 Å². The van der Waals surface area contributed by atoms with Gasteiger partial charge in [-0.25, -0.2) is 4.79 Å². The van der Waals surface area contributed by atoms with Crippen LogP contribution in [0.5, 0.6) is 0 Å². The number of rotatable bonds is 6. The van der Waals surface area contributed by atoms with Crippen LogP contribution >= 0.6 is 0 Å². The zero-order chi connectivity index (χ0) is 13.4. The van der Waals surface area contributed by atoms with Crippen molar-refractivity contribution < 1.29 is 19.1 Å². The topological polar surface area (TPSA) is 77.0 Å². The summed E-state index contributed by atoms with van der Waals surface area (Å²) in [7, 11) is 2.54. The first-order valence-corrected chi connectivity index (χ1v) is 5.18. The third-order valence-corrected chi connectivity index (χ3v) is 1.99. The highest BCUT2D eigenvalue weighted by Crippen LogP contribution is 2.04. The summed E-state index contributed by atoms with van der Waals surface area (Å²) < 4.78 is 9.15. The van der Waals surface area contributed by atoms with E-state index in [1.807, 2.05) is 6.07 Å². The van der Waals surface area contributed by atoms with Crippen LogP contribution in [-0.2, 0) is 19.1 Å². The van der Waals surface area contributed by atoms with Gasteiger partial charge in [0, 0.05) is 7.11 Å². The van der Waals surface area contributed by atoms with Gasteiger partial charge >= 0.3 is 5.97 Å². The van der Waals surface area contributed by atoms with E-state index in [0.717, 1.165) is 0 Å². The van der Waals surface area contributed by atoms with Gasteiger partial charge in [0.05, 0.1) is 12.8 Å². The molecular weight excluding hydrogens is 236 g/mol. The lowest BCUT2D eigenvalue weighted by Gasteiger charge is -2.04. The molecule has 0 atom stereocenters. The van der Waals surface area contributed by atoms with Crippen molar-refractivity contribution >= 4 is 23.2 Å². The maximum atomic E-state index is 11.6. The maximum absolute atomic E-state index is 11.6. The number of ether oxygens (including phenoxy) is 2. The standard InChI is InChI=1S/C12H14N2O4/c1-17-8-10(15)11(12(16)18-2)14-13-9-6-4-3-5-7-9/h3-7,13H,8H2,1-2H3. The van der Waals surface area contributed by atoms with Gasteiger partial charge in [0.2, 0.25) is 11.5 Å². The van der Waals surface area contributed by atoms with Crippen molar-refractivity contribution in [2.75, 3.05) is 26.3 Å². The molecular formula is C12H14N2O4. The van der Waals surface area contributed by atoms with Crippen LogP contribution in [0, 0.1) is 0 Å². The van der Waals surface area contributed by atoms with E-state index in [4.69, 9.17) is 0 Å². The van der Waals surface area contributed by atoms with Crippen LogP contribution in [-0.4, -0.2) is 38.3 Å². The third kappa shape index (κ3) is 3.99. The quantitative estimate of drug-likeness (QED) is 0.350. The molecule has 1 aromatic carbocycles. The molecule has 1 aromatic rings. The lowest BCUT2D eigenvalue weighted by Crippen LogP contribution is -2.29. The molecule has 96 valence electrons. The Balaban J connectivity index is 2.83. The summed E-state index contributed by atoms with van der Waals surface area (Å²) in [6.07, 6.45) is 0. The highest BCUT2D eigenvalue weighted by Gasteiger charge is 2.21. The molecule has 0 heterocycles. The number of esters is 1. The fourth-order valence-electron chi connectivity index (χ4n) is 1.15. The summed E-state index contributed by atoms with van der Waals surface area (Å²) in [5.74, 6) is -1.35. The van der Waals surface area contributed by atoms with E-state index in [9.17, 15) is 9.59 Å². The van der Waals surface area contributed by atoms with Crippen molar-refractivity contribution in [3.8, 4) is 0 Å². The minimum atomic E-state index is -0.805. The van der Waals surface area contributed by atoms with Gasteiger partial charge in [-0.15, -0.1) is 0 Å². The number of para-hydroxylation sites is 1. The number of hydrogen-bond acceptors (Lipinski definition) is 6. The number of methoxy groups -OCH3 is 2. The monoisotopic (exact) mass is 250 g/mol. The first-order chi connectivity index (χ1) is 8.69. The van der Waals surface area contributed by atoms with Gasteiger partial charge in [-0.3, -0.25) is 10.2 Å². The van der Waals surface area contributed by atoms with E-state index < -0.39 is 11.8 Å². The summed E-state index contributed by atoms with van der Waals surface area (Å²) in [4.78, 5) is 22.9. The first kappa shape index (κ1) is 13.9. The van der Waals surface area contributed by atoms with Gasteiger partial charge in [0.15, 0.2) is 0 Å². The number of nitrogens with zero attached hydrogens (tertiary/aromatic N) is 1. The molecule has 18 heavy (non-hydrogen) atoms. The molecule has 0 bridgehead atoms. The van der Waals surface area contributed by atoms with Crippen LogP contribution in [0.4, 0.5) is 5.69 Å². The molecule has 0 aromatic heterocycles. The van der Waals surface area contributed by atoms with E-state index >= 15 is 0 Å². The Bertz CT molecular complexity index is 443. The molecule has 0 aliphatic carbocycles. The fraction of sp³-hybridized carbons (Fsp3) is 0.250. The van der Waals surface area contributed by atoms with Crippen LogP contribution in [0.15, 0.2) is 35.4 Å². The lowest BCUT2D eigenvalue weighted by atomic mass is 10.2. The zero-order valence-corrected chi connectivity index (χ0v) is 10.2. The molecule has 0 spiro atoms. The number of hydrazone groups is 1. The molecule has 0 fully saturated rings. The van der Waals surface area contributed by atoms with Gasteiger partial charge in [0.1, 0.15) is 6.61 Å². The molecule has 1 rings (SSSR count). The molecule has 0 saturated heterocycles. The predicted octanol–water partition coefficient (Wildman–Crippen LogP) is 0.843. The molecule has 0 radical (unpaired) electrons. The van der Waals surface area contributed by atoms with Crippen molar-refractivity contribution in [2.45, 2.75) is 0 Å². The Labute approximate surface area is 105 Å². The summed E-state index contributed by atoms with van der Waals surface area (Å²) in [6, 6.07) is 8.93. The number of carbonyl (C=O) groups excluding carboxylic acids is 2. The van der Waals surface area contributed by atoms with Crippen LogP contribution in [0.1, 0.15) is 0 Å². The fourth-order valence-corrected chi connectivity index (χ4v) is 1.15. The summed E-state index contributed by atoms with van der Waals surface area (Å²) in [6.45, 7) is -0.232. The number of benzene rings is 1. The van der Waals surface area contributed by atoms with Crippen molar-refractivity contribution in [2.24, 2.45) is 5.10 Å². The van der Waals surface area contributed by atoms with E-state index in [1.165, 1.54) is 14.2 Å². The Hall–Kier alpha value is -2.21. The maximum Gasteiger partial charge on any atom is 0.362 e. The van der Waals surface area contributed by atoms with Crippen LogP contribution in [0.25, 0.3) is 0 Å². The Kier molecular flexibility index (Phi) is 5.53. The molecule has 0 amide bonds.